The molecule has 0 fully saturated rings. The Balaban J connectivity index is 2.15. The number of nitrogens with one attached hydrogen (secondary N) is 1. The molecule has 0 atom stereocenters. The van der Waals surface area contributed by atoms with Gasteiger partial charge in [-0.15, -0.1) is 0 Å². The van der Waals surface area contributed by atoms with Crippen LogP contribution >= 0.6 is 0 Å². The zero-order chi connectivity index (χ0) is 15.5. The van der Waals surface area contributed by atoms with Gasteiger partial charge in [-0.25, -0.2) is 13.1 Å². The SMILES string of the molecule is COc1cccc(CNS(=O)(=O)c2cc(CN)oc2C)c1. The molecule has 0 aliphatic heterocycles. The second-order valence-corrected chi connectivity index (χ2v) is 6.25. The fourth-order valence-corrected chi connectivity index (χ4v) is 3.15. The number of sulfonamides is 1. The van der Waals surface area contributed by atoms with Gasteiger partial charge in [0.15, 0.2) is 0 Å². The molecule has 0 unspecified atom stereocenters. The summed E-state index contributed by atoms with van der Waals surface area (Å²) in [5.74, 6) is 1.44. The second kappa shape index (κ2) is 6.30. The van der Waals surface area contributed by atoms with Crippen LogP contribution in [-0.2, 0) is 23.1 Å². The van der Waals surface area contributed by atoms with Gasteiger partial charge in [0.2, 0.25) is 10.0 Å². The number of hydrogen-bond donors (Lipinski definition) is 2. The number of ether oxygens (including phenoxy) is 1. The van der Waals surface area contributed by atoms with Gasteiger partial charge in [-0.2, -0.15) is 0 Å². The second-order valence-electron chi connectivity index (χ2n) is 4.51. The smallest absolute Gasteiger partial charge is 0.244 e. The Morgan fingerprint density at radius 2 is 2.10 bits per heavy atom. The van der Waals surface area contributed by atoms with E-state index >= 15 is 0 Å². The van der Waals surface area contributed by atoms with Crippen molar-refractivity contribution >= 4 is 10.0 Å². The van der Waals surface area contributed by atoms with Crippen LogP contribution in [0.1, 0.15) is 17.1 Å². The predicted octanol–water partition coefficient (Wildman–Crippen LogP) is 1.53. The molecule has 0 saturated carbocycles. The first-order chi connectivity index (χ1) is 9.96. The van der Waals surface area contributed by atoms with Crippen molar-refractivity contribution in [1.29, 1.82) is 0 Å². The molecule has 0 saturated heterocycles. The maximum atomic E-state index is 12.3. The molecule has 0 aliphatic carbocycles. The van der Waals surface area contributed by atoms with E-state index in [1.54, 1.807) is 32.2 Å². The third-order valence-electron chi connectivity index (χ3n) is 3.01. The van der Waals surface area contributed by atoms with Gasteiger partial charge in [0.25, 0.3) is 0 Å². The highest BCUT2D eigenvalue weighted by atomic mass is 32.2. The molecule has 3 N–H and O–H groups in total. The van der Waals surface area contributed by atoms with Crippen molar-refractivity contribution in [3.05, 3.63) is 47.4 Å². The molecule has 2 aromatic rings. The number of nitrogens with two attached hydrogens (primary N) is 1. The number of aryl methyl sites for hydroxylation is 1. The Bertz CT molecular complexity index is 722. The third kappa shape index (κ3) is 3.63. The minimum absolute atomic E-state index is 0.117. The molecular formula is C14H18N2O4S. The molecule has 6 nitrogen and oxygen atoms in total. The summed E-state index contributed by atoms with van der Waals surface area (Å²) in [6.07, 6.45) is 0. The number of rotatable bonds is 6. The van der Waals surface area contributed by atoms with E-state index < -0.39 is 10.0 Å². The van der Waals surface area contributed by atoms with Crippen molar-refractivity contribution in [2.24, 2.45) is 5.73 Å². The zero-order valence-electron chi connectivity index (χ0n) is 11.9. The Morgan fingerprint density at radius 3 is 2.71 bits per heavy atom. The van der Waals surface area contributed by atoms with Gasteiger partial charge in [-0.05, 0) is 24.6 Å². The fourth-order valence-electron chi connectivity index (χ4n) is 1.93. The largest absolute Gasteiger partial charge is 0.497 e. The first kappa shape index (κ1) is 15.6. The van der Waals surface area contributed by atoms with Gasteiger partial charge in [0.05, 0.1) is 13.7 Å². The molecular weight excluding hydrogens is 292 g/mol. The molecule has 0 bridgehead atoms. The molecule has 0 spiro atoms. The third-order valence-corrected chi connectivity index (χ3v) is 4.52. The van der Waals surface area contributed by atoms with Crippen molar-refractivity contribution in [2.75, 3.05) is 7.11 Å². The zero-order valence-corrected chi connectivity index (χ0v) is 12.7. The van der Waals surface area contributed by atoms with Crippen LogP contribution in [-0.4, -0.2) is 15.5 Å². The first-order valence-corrected chi connectivity index (χ1v) is 7.86. The van der Waals surface area contributed by atoms with Gasteiger partial charge in [-0.1, -0.05) is 12.1 Å². The lowest BCUT2D eigenvalue weighted by atomic mass is 10.2. The summed E-state index contributed by atoms with van der Waals surface area (Å²) in [5, 5.41) is 0. The van der Waals surface area contributed by atoms with Crippen LogP contribution in [0.4, 0.5) is 0 Å². The molecule has 0 aliphatic rings. The summed E-state index contributed by atoms with van der Waals surface area (Å²) in [7, 11) is -2.08. The van der Waals surface area contributed by atoms with Gasteiger partial charge in [-0.3, -0.25) is 0 Å². The van der Waals surface area contributed by atoms with Crippen LogP contribution in [0, 0.1) is 6.92 Å². The van der Waals surface area contributed by atoms with E-state index in [1.165, 1.54) is 6.07 Å². The lowest BCUT2D eigenvalue weighted by Crippen LogP contribution is -2.23. The van der Waals surface area contributed by atoms with E-state index in [0.717, 1.165) is 5.56 Å². The summed E-state index contributed by atoms with van der Waals surface area (Å²) in [5.41, 5.74) is 6.25. The van der Waals surface area contributed by atoms with Crippen LogP contribution < -0.4 is 15.2 Å². The highest BCUT2D eigenvalue weighted by Gasteiger charge is 2.20. The normalized spacial score (nSPS) is 11.6. The number of furan rings is 1. The topological polar surface area (TPSA) is 94.6 Å². The number of methoxy groups -OCH3 is 1. The maximum absolute atomic E-state index is 12.3. The number of hydrogen-bond acceptors (Lipinski definition) is 5. The van der Waals surface area contributed by atoms with Crippen LogP contribution in [0.2, 0.25) is 0 Å². The van der Waals surface area contributed by atoms with E-state index in [9.17, 15) is 8.42 Å². The molecule has 1 heterocycles. The molecule has 0 radical (unpaired) electrons. The number of benzene rings is 1. The highest BCUT2D eigenvalue weighted by Crippen LogP contribution is 2.20. The van der Waals surface area contributed by atoms with Crippen molar-refractivity contribution in [2.45, 2.75) is 24.9 Å². The monoisotopic (exact) mass is 310 g/mol. The van der Waals surface area contributed by atoms with Gasteiger partial charge in [0, 0.05) is 12.6 Å². The molecule has 1 aromatic carbocycles. The van der Waals surface area contributed by atoms with E-state index in [4.69, 9.17) is 14.9 Å². The summed E-state index contributed by atoms with van der Waals surface area (Å²) < 4.78 is 37.4. The van der Waals surface area contributed by atoms with Crippen molar-refractivity contribution in [1.82, 2.24) is 4.72 Å². The molecule has 114 valence electrons. The minimum atomic E-state index is -3.64. The average molecular weight is 310 g/mol. The van der Waals surface area contributed by atoms with Gasteiger partial charge in [0.1, 0.15) is 22.2 Å². The van der Waals surface area contributed by atoms with Crippen LogP contribution in [0.15, 0.2) is 39.6 Å². The van der Waals surface area contributed by atoms with Gasteiger partial charge < -0.3 is 14.9 Å². The van der Waals surface area contributed by atoms with Crippen molar-refractivity contribution in [3.8, 4) is 5.75 Å². The molecule has 2 rings (SSSR count). The Labute approximate surface area is 124 Å². The van der Waals surface area contributed by atoms with E-state index in [1.807, 2.05) is 6.07 Å². The van der Waals surface area contributed by atoms with Crippen LogP contribution in [0.25, 0.3) is 0 Å². The van der Waals surface area contributed by atoms with E-state index in [-0.39, 0.29) is 18.0 Å². The van der Waals surface area contributed by atoms with E-state index in [2.05, 4.69) is 4.72 Å². The molecule has 1 aromatic heterocycles. The van der Waals surface area contributed by atoms with Gasteiger partial charge >= 0.3 is 0 Å². The average Bonchev–Trinajstić information content (AvgIpc) is 2.87. The molecule has 21 heavy (non-hydrogen) atoms. The summed E-state index contributed by atoms with van der Waals surface area (Å²) in [6.45, 7) is 1.92. The highest BCUT2D eigenvalue weighted by molar-refractivity contribution is 7.89. The van der Waals surface area contributed by atoms with Crippen LogP contribution in [0.3, 0.4) is 0 Å². The summed E-state index contributed by atoms with van der Waals surface area (Å²) in [6, 6.07) is 8.64. The standard InChI is InChI=1S/C14H18N2O4S/c1-10-14(7-13(8-15)20-10)21(17,18)16-9-11-4-3-5-12(6-11)19-2/h3-7,16H,8-9,15H2,1-2H3. The quantitative estimate of drug-likeness (QED) is 0.844. The lowest BCUT2D eigenvalue weighted by molar-refractivity contribution is 0.414. The summed E-state index contributed by atoms with van der Waals surface area (Å²) >= 11 is 0. The van der Waals surface area contributed by atoms with Crippen LogP contribution in [0.5, 0.6) is 5.75 Å². The predicted molar refractivity (Wildman–Crippen MR) is 78.4 cm³/mol. The molecule has 0 amide bonds. The van der Waals surface area contributed by atoms with Crippen molar-refractivity contribution in [3.63, 3.8) is 0 Å². The summed E-state index contributed by atoms with van der Waals surface area (Å²) in [4.78, 5) is 0.117. The lowest BCUT2D eigenvalue weighted by Gasteiger charge is -2.07. The Morgan fingerprint density at radius 1 is 1.33 bits per heavy atom. The minimum Gasteiger partial charge on any atom is -0.497 e. The van der Waals surface area contributed by atoms with Crippen molar-refractivity contribution < 1.29 is 17.6 Å². The fraction of sp³-hybridized carbons (Fsp3) is 0.286. The van der Waals surface area contributed by atoms with E-state index in [0.29, 0.717) is 17.3 Å². The maximum Gasteiger partial charge on any atom is 0.244 e. The molecule has 7 heteroatoms. The first-order valence-electron chi connectivity index (χ1n) is 6.38. The Hall–Kier alpha value is -1.83. The Kier molecular flexibility index (Phi) is 4.66.